The average molecular weight is 463 g/mol. The first-order valence-corrected chi connectivity index (χ1v) is 14.7. The number of benzene rings is 1. The van der Waals surface area contributed by atoms with Crippen molar-refractivity contribution in [2.24, 2.45) is 11.8 Å². The first kappa shape index (κ1) is 26.9. The molecule has 1 aromatic carbocycles. The lowest BCUT2D eigenvalue weighted by molar-refractivity contribution is 0.245. The van der Waals surface area contributed by atoms with Gasteiger partial charge in [0.15, 0.2) is 5.82 Å². The first-order chi connectivity index (χ1) is 16.8. The van der Waals surface area contributed by atoms with Gasteiger partial charge in [0, 0.05) is 18.0 Å². The van der Waals surface area contributed by atoms with E-state index in [1.807, 2.05) is 12.4 Å². The molecule has 0 N–H and O–H groups in total. The zero-order chi connectivity index (χ0) is 23.8. The quantitative estimate of drug-likeness (QED) is 0.232. The van der Waals surface area contributed by atoms with Gasteiger partial charge in [-0.1, -0.05) is 128 Å². The third-order valence-electron chi connectivity index (χ3n) is 8.00. The summed E-state index contributed by atoms with van der Waals surface area (Å²) < 4.78 is 0. The lowest BCUT2D eigenvalue weighted by Crippen LogP contribution is -2.14. The van der Waals surface area contributed by atoms with E-state index in [-0.39, 0.29) is 0 Å². The molecule has 0 amide bonds. The van der Waals surface area contributed by atoms with Crippen LogP contribution < -0.4 is 0 Å². The number of aryl methyl sites for hydroxylation is 2. The van der Waals surface area contributed by atoms with Gasteiger partial charge in [0.1, 0.15) is 0 Å². The molecule has 0 bridgehead atoms. The van der Waals surface area contributed by atoms with Crippen molar-refractivity contribution in [3.05, 3.63) is 47.8 Å². The number of nitrogens with zero attached hydrogens (tertiary/aromatic N) is 2. The number of rotatable bonds is 16. The molecule has 2 heteroatoms. The minimum Gasteiger partial charge on any atom is -0.236 e. The second kappa shape index (κ2) is 16.1. The minimum absolute atomic E-state index is 0.853. The van der Waals surface area contributed by atoms with E-state index in [2.05, 4.69) is 48.1 Å². The van der Waals surface area contributed by atoms with Gasteiger partial charge in [0.25, 0.3) is 0 Å². The standard InChI is InChI=1S/C32H50N2/c1-3-5-7-8-10-16-30-25-33-32(34-26-30)31-23-21-29(22-24-31)15-12-11-14-28-19-17-27(18-20-28)13-9-6-4-2/h21-28H,3-20H2,1-2H3/t27-,28-. The van der Waals surface area contributed by atoms with Crippen LogP contribution in [0.4, 0.5) is 0 Å². The van der Waals surface area contributed by atoms with Crippen LogP contribution in [0.15, 0.2) is 36.7 Å². The summed E-state index contributed by atoms with van der Waals surface area (Å²) in [4.78, 5) is 9.27. The van der Waals surface area contributed by atoms with Crippen molar-refractivity contribution in [2.75, 3.05) is 0 Å². The van der Waals surface area contributed by atoms with E-state index in [0.717, 1.165) is 29.6 Å². The van der Waals surface area contributed by atoms with Crippen LogP contribution in [0.1, 0.15) is 128 Å². The summed E-state index contributed by atoms with van der Waals surface area (Å²) in [6, 6.07) is 8.97. The van der Waals surface area contributed by atoms with Crippen LogP contribution in [-0.2, 0) is 12.8 Å². The fourth-order valence-corrected chi connectivity index (χ4v) is 5.64. The highest BCUT2D eigenvalue weighted by Crippen LogP contribution is 2.34. The van der Waals surface area contributed by atoms with E-state index in [4.69, 9.17) is 0 Å². The largest absolute Gasteiger partial charge is 0.236 e. The van der Waals surface area contributed by atoms with Crippen LogP contribution in [-0.4, -0.2) is 9.97 Å². The van der Waals surface area contributed by atoms with E-state index in [9.17, 15) is 0 Å². The van der Waals surface area contributed by atoms with Crippen molar-refractivity contribution in [3.8, 4) is 11.4 Å². The highest BCUT2D eigenvalue weighted by Gasteiger charge is 2.20. The number of aromatic nitrogens is 2. The predicted molar refractivity (Wildman–Crippen MR) is 147 cm³/mol. The van der Waals surface area contributed by atoms with Gasteiger partial charge in [-0.3, -0.25) is 0 Å². The van der Waals surface area contributed by atoms with Crippen molar-refractivity contribution in [2.45, 2.75) is 129 Å². The van der Waals surface area contributed by atoms with Crippen LogP contribution in [0.2, 0.25) is 0 Å². The van der Waals surface area contributed by atoms with Gasteiger partial charge < -0.3 is 0 Å². The molecule has 0 spiro atoms. The molecule has 0 aliphatic heterocycles. The topological polar surface area (TPSA) is 25.8 Å². The Labute approximate surface area is 210 Å². The Kier molecular flexibility index (Phi) is 12.7. The number of hydrogen-bond donors (Lipinski definition) is 0. The maximum Gasteiger partial charge on any atom is 0.159 e. The Morgan fingerprint density at radius 3 is 1.71 bits per heavy atom. The fourth-order valence-electron chi connectivity index (χ4n) is 5.64. The molecule has 2 nitrogen and oxygen atoms in total. The molecule has 3 rings (SSSR count). The van der Waals surface area contributed by atoms with Crippen LogP contribution >= 0.6 is 0 Å². The third kappa shape index (κ3) is 9.88. The van der Waals surface area contributed by atoms with E-state index in [0.29, 0.717) is 0 Å². The van der Waals surface area contributed by atoms with Crippen molar-refractivity contribution in [1.29, 1.82) is 0 Å². The van der Waals surface area contributed by atoms with Crippen LogP contribution in [0.25, 0.3) is 11.4 Å². The maximum atomic E-state index is 4.64. The molecule has 0 unspecified atom stereocenters. The summed E-state index contributed by atoms with van der Waals surface area (Å²) in [6.07, 6.45) is 28.8. The van der Waals surface area contributed by atoms with Crippen molar-refractivity contribution < 1.29 is 0 Å². The SMILES string of the molecule is CCCCCCCc1cnc(-c2ccc(CCCC[C@H]3CC[C@H](CCCCC)CC3)cc2)nc1. The van der Waals surface area contributed by atoms with Crippen LogP contribution in [0.5, 0.6) is 0 Å². The highest BCUT2D eigenvalue weighted by molar-refractivity contribution is 5.55. The maximum absolute atomic E-state index is 4.64. The average Bonchev–Trinajstić information content (AvgIpc) is 2.88. The molecule has 188 valence electrons. The number of hydrogen-bond acceptors (Lipinski definition) is 2. The van der Waals surface area contributed by atoms with Gasteiger partial charge in [0.05, 0.1) is 0 Å². The second-order valence-electron chi connectivity index (χ2n) is 10.9. The molecule has 1 heterocycles. The summed E-state index contributed by atoms with van der Waals surface area (Å²) in [5.74, 6) is 2.89. The van der Waals surface area contributed by atoms with Crippen LogP contribution in [0.3, 0.4) is 0 Å². The van der Waals surface area contributed by atoms with Gasteiger partial charge in [-0.2, -0.15) is 0 Å². The molecule has 1 fully saturated rings. The molecule has 2 aromatic rings. The van der Waals surface area contributed by atoms with Crippen LogP contribution in [0, 0.1) is 11.8 Å². The zero-order valence-electron chi connectivity index (χ0n) is 22.2. The lowest BCUT2D eigenvalue weighted by Gasteiger charge is -2.28. The van der Waals surface area contributed by atoms with E-state index < -0.39 is 0 Å². The zero-order valence-corrected chi connectivity index (χ0v) is 22.2. The molecule has 0 atom stereocenters. The predicted octanol–water partition coefficient (Wildman–Crippen LogP) is 9.76. The molecule has 1 saturated carbocycles. The summed E-state index contributed by atoms with van der Waals surface area (Å²) in [5.41, 5.74) is 3.85. The summed E-state index contributed by atoms with van der Waals surface area (Å²) in [6.45, 7) is 4.58. The Hall–Kier alpha value is -1.70. The second-order valence-corrected chi connectivity index (χ2v) is 10.9. The first-order valence-electron chi connectivity index (χ1n) is 14.7. The molecule has 1 aliphatic carbocycles. The normalized spacial score (nSPS) is 18.3. The Morgan fingerprint density at radius 1 is 0.588 bits per heavy atom. The van der Waals surface area contributed by atoms with Crippen molar-refractivity contribution in [1.82, 2.24) is 9.97 Å². The minimum atomic E-state index is 0.853. The highest BCUT2D eigenvalue weighted by atomic mass is 14.9. The Bertz CT molecular complexity index is 757. The lowest BCUT2D eigenvalue weighted by atomic mass is 9.78. The molecular weight excluding hydrogens is 412 g/mol. The van der Waals surface area contributed by atoms with Gasteiger partial charge in [-0.15, -0.1) is 0 Å². The van der Waals surface area contributed by atoms with Crippen molar-refractivity contribution in [3.63, 3.8) is 0 Å². The Balaban J connectivity index is 1.31. The van der Waals surface area contributed by atoms with Crippen molar-refractivity contribution >= 4 is 0 Å². The number of unbranched alkanes of at least 4 members (excludes halogenated alkanes) is 7. The van der Waals surface area contributed by atoms with Gasteiger partial charge >= 0.3 is 0 Å². The molecule has 0 radical (unpaired) electrons. The molecule has 1 aliphatic rings. The monoisotopic (exact) mass is 462 g/mol. The van der Waals surface area contributed by atoms with Gasteiger partial charge in [-0.25, -0.2) is 9.97 Å². The van der Waals surface area contributed by atoms with E-state index >= 15 is 0 Å². The van der Waals surface area contributed by atoms with E-state index in [1.54, 1.807) is 0 Å². The van der Waals surface area contributed by atoms with Gasteiger partial charge in [-0.05, 0) is 48.6 Å². The van der Waals surface area contributed by atoms with E-state index in [1.165, 1.54) is 120 Å². The molecular formula is C32H50N2. The van der Waals surface area contributed by atoms with Gasteiger partial charge in [0.2, 0.25) is 0 Å². The summed E-state index contributed by atoms with van der Waals surface area (Å²) in [7, 11) is 0. The smallest absolute Gasteiger partial charge is 0.159 e. The fraction of sp³-hybridized carbons (Fsp3) is 0.688. The Morgan fingerprint density at radius 2 is 1.09 bits per heavy atom. The molecule has 34 heavy (non-hydrogen) atoms. The summed E-state index contributed by atoms with van der Waals surface area (Å²) >= 11 is 0. The third-order valence-corrected chi connectivity index (χ3v) is 8.00. The molecule has 1 aromatic heterocycles. The summed E-state index contributed by atoms with van der Waals surface area (Å²) in [5, 5.41) is 0. The molecule has 0 saturated heterocycles.